The number of hydrogen-bond acceptors (Lipinski definition) is 5. The average Bonchev–Trinajstić information content (AvgIpc) is 2.00. The van der Waals surface area contributed by atoms with Crippen LogP contribution >= 0.6 is 12.6 Å². The molecule has 0 amide bonds. The average molecular weight is 256 g/mol. The minimum Gasteiger partial charge on any atom is -0.300 e. The van der Waals surface area contributed by atoms with Crippen molar-refractivity contribution in [2.45, 2.75) is 26.7 Å². The second-order valence-electron chi connectivity index (χ2n) is 2.91. The van der Waals surface area contributed by atoms with Gasteiger partial charge in [0.05, 0.1) is 5.75 Å². The first-order valence-electron chi connectivity index (χ1n) is 4.24. The second-order valence-corrected chi connectivity index (χ2v) is 4.93. The Morgan fingerprint density at radius 1 is 1.13 bits per heavy atom. The van der Waals surface area contributed by atoms with E-state index in [0.29, 0.717) is 12.2 Å². The summed E-state index contributed by atoms with van der Waals surface area (Å²) in [5.41, 5.74) is 0. The lowest BCUT2D eigenvalue weighted by molar-refractivity contribution is -0.117. The van der Waals surface area contributed by atoms with E-state index in [4.69, 9.17) is 4.55 Å². The molecule has 5 nitrogen and oxygen atoms in total. The van der Waals surface area contributed by atoms with E-state index in [1.807, 2.05) is 0 Å². The van der Waals surface area contributed by atoms with Gasteiger partial charge in [-0.2, -0.15) is 21.0 Å². The Labute approximate surface area is 95.4 Å². The summed E-state index contributed by atoms with van der Waals surface area (Å²) in [6.45, 7) is 2.83. The Morgan fingerprint density at radius 2 is 1.53 bits per heavy atom. The molecule has 0 unspecified atom stereocenters. The minimum atomic E-state index is -3.94. The van der Waals surface area contributed by atoms with Crippen LogP contribution in [0.1, 0.15) is 26.7 Å². The summed E-state index contributed by atoms with van der Waals surface area (Å²) in [6, 6.07) is 0. The molecule has 0 aromatic rings. The van der Waals surface area contributed by atoms with Gasteiger partial charge in [-0.25, -0.2) is 0 Å². The van der Waals surface area contributed by atoms with Crippen LogP contribution in [0.4, 0.5) is 0 Å². The van der Waals surface area contributed by atoms with Gasteiger partial charge < -0.3 is 0 Å². The molecule has 0 atom stereocenters. The fraction of sp³-hybridized carbons (Fsp3) is 0.750. The number of rotatable bonds is 5. The predicted octanol–water partition coefficient (Wildman–Crippen LogP) is 0.749. The van der Waals surface area contributed by atoms with E-state index in [2.05, 4.69) is 12.6 Å². The summed E-state index contributed by atoms with van der Waals surface area (Å²) in [5.74, 6) is 0.176. The fourth-order valence-electron chi connectivity index (χ4n) is 0.430. The van der Waals surface area contributed by atoms with Crippen LogP contribution in [-0.4, -0.2) is 36.0 Å². The molecule has 0 bridgehead atoms. The largest absolute Gasteiger partial charge is 0.300 e. The molecule has 0 radical (unpaired) electrons. The second kappa shape index (κ2) is 8.87. The van der Waals surface area contributed by atoms with Crippen LogP contribution < -0.4 is 0 Å². The van der Waals surface area contributed by atoms with E-state index in [1.165, 1.54) is 6.92 Å². The van der Waals surface area contributed by atoms with Gasteiger partial charge in [0.1, 0.15) is 11.6 Å². The lowest BCUT2D eigenvalue weighted by Crippen LogP contribution is -2.07. The van der Waals surface area contributed by atoms with Gasteiger partial charge in [0, 0.05) is 12.8 Å². The summed E-state index contributed by atoms with van der Waals surface area (Å²) in [6.07, 6.45) is 0.488. The van der Waals surface area contributed by atoms with E-state index in [1.54, 1.807) is 6.92 Å². The van der Waals surface area contributed by atoms with Crippen molar-refractivity contribution in [1.82, 2.24) is 0 Å². The Balaban J connectivity index is 0. The van der Waals surface area contributed by atoms with Crippen molar-refractivity contribution < 1.29 is 22.6 Å². The van der Waals surface area contributed by atoms with E-state index in [0.717, 1.165) is 0 Å². The summed E-state index contributed by atoms with van der Waals surface area (Å²) >= 11 is 3.84. The summed E-state index contributed by atoms with van der Waals surface area (Å²) < 4.78 is 28.0. The third kappa shape index (κ3) is 24.7. The van der Waals surface area contributed by atoms with Gasteiger partial charge in [-0.1, -0.05) is 0 Å². The highest BCUT2D eigenvalue weighted by molar-refractivity contribution is 7.85. The maximum Gasteiger partial charge on any atom is 0.265 e. The zero-order valence-electron chi connectivity index (χ0n) is 8.76. The molecule has 0 aromatic carbocycles. The van der Waals surface area contributed by atoms with Gasteiger partial charge in [0.15, 0.2) is 0 Å². The molecule has 0 aliphatic rings. The zero-order chi connectivity index (χ0) is 12.5. The van der Waals surface area contributed by atoms with Gasteiger partial charge in [0.25, 0.3) is 10.1 Å². The highest BCUT2D eigenvalue weighted by Crippen LogP contribution is 1.88. The molecule has 0 aliphatic carbocycles. The first-order valence-corrected chi connectivity index (χ1v) is 6.48. The Bertz CT molecular complexity index is 294. The summed E-state index contributed by atoms with van der Waals surface area (Å²) in [7, 11) is -3.94. The van der Waals surface area contributed by atoms with Crippen LogP contribution in [0.5, 0.6) is 0 Å². The fourth-order valence-corrected chi connectivity index (χ4v) is 1.29. The molecule has 0 heterocycles. The van der Waals surface area contributed by atoms with Crippen molar-refractivity contribution in [3.8, 4) is 0 Å². The van der Waals surface area contributed by atoms with Gasteiger partial charge >= 0.3 is 0 Å². The lowest BCUT2D eigenvalue weighted by atomic mass is 10.4. The van der Waals surface area contributed by atoms with Crippen molar-refractivity contribution in [2.75, 3.05) is 11.5 Å². The summed E-state index contributed by atoms with van der Waals surface area (Å²) in [5, 5.41) is 0. The normalized spacial score (nSPS) is 10.1. The van der Waals surface area contributed by atoms with E-state index in [-0.39, 0.29) is 18.0 Å². The molecule has 0 aromatic heterocycles. The molecular weight excluding hydrogens is 240 g/mol. The minimum absolute atomic E-state index is 0.112. The van der Waals surface area contributed by atoms with Crippen LogP contribution in [-0.2, 0) is 19.7 Å². The maximum atomic E-state index is 10.1. The molecule has 0 spiro atoms. The van der Waals surface area contributed by atoms with E-state index in [9.17, 15) is 18.0 Å². The maximum absolute atomic E-state index is 10.1. The number of Topliss-reactive ketones (excluding diaryl/α,β-unsaturated/α-hetero) is 2. The zero-order valence-corrected chi connectivity index (χ0v) is 10.5. The summed E-state index contributed by atoms with van der Waals surface area (Å²) in [4.78, 5) is 20.1. The van der Waals surface area contributed by atoms with Crippen LogP contribution in [0, 0.1) is 0 Å². The molecule has 90 valence electrons. The number of hydrogen-bond donors (Lipinski definition) is 2. The molecule has 0 saturated carbocycles. The lowest BCUT2D eigenvalue weighted by Gasteiger charge is -1.90. The van der Waals surface area contributed by atoms with Gasteiger partial charge in [-0.15, -0.1) is 0 Å². The highest BCUT2D eigenvalue weighted by atomic mass is 32.2. The van der Waals surface area contributed by atoms with Gasteiger partial charge in [0.2, 0.25) is 0 Å². The molecule has 0 rings (SSSR count). The highest BCUT2D eigenvalue weighted by Gasteiger charge is 2.04. The number of carbonyl (C=O) groups excluding carboxylic acids is 2. The molecule has 1 N–H and O–H groups in total. The molecule has 7 heteroatoms. The monoisotopic (exact) mass is 256 g/mol. The third-order valence-electron chi connectivity index (χ3n) is 1.18. The molecule has 0 aliphatic heterocycles. The molecule has 15 heavy (non-hydrogen) atoms. The molecule has 0 saturated heterocycles. The van der Waals surface area contributed by atoms with Crippen molar-refractivity contribution in [1.29, 1.82) is 0 Å². The van der Waals surface area contributed by atoms with Crippen molar-refractivity contribution in [3.63, 3.8) is 0 Å². The SMILES string of the molecule is CC(=O)CCS.CC(=O)CCS(=O)(=O)O. The smallest absolute Gasteiger partial charge is 0.265 e. The topological polar surface area (TPSA) is 88.5 Å². The van der Waals surface area contributed by atoms with Crippen LogP contribution in [0.2, 0.25) is 0 Å². The Kier molecular flexibility index (Phi) is 10.1. The predicted molar refractivity (Wildman–Crippen MR) is 60.9 cm³/mol. The van der Waals surface area contributed by atoms with E-state index < -0.39 is 15.9 Å². The third-order valence-corrected chi connectivity index (χ3v) is 2.12. The van der Waals surface area contributed by atoms with Crippen molar-refractivity contribution in [3.05, 3.63) is 0 Å². The van der Waals surface area contributed by atoms with Crippen LogP contribution in [0.25, 0.3) is 0 Å². The molecule has 0 fully saturated rings. The quantitative estimate of drug-likeness (QED) is 0.559. The number of ketones is 2. The Hall–Kier alpha value is -0.400. The standard InChI is InChI=1S/C4H8O4S.C4H8OS/c1-4(5)2-3-9(6,7)8;1-4(5)2-3-6/h2-3H2,1H3,(H,6,7,8);6H,2-3H2,1H3. The first-order chi connectivity index (χ1) is 6.69. The van der Waals surface area contributed by atoms with Crippen LogP contribution in [0.15, 0.2) is 0 Å². The van der Waals surface area contributed by atoms with Crippen LogP contribution in [0.3, 0.4) is 0 Å². The van der Waals surface area contributed by atoms with Crippen molar-refractivity contribution in [2.24, 2.45) is 0 Å². The Morgan fingerprint density at radius 3 is 1.60 bits per heavy atom. The van der Waals surface area contributed by atoms with E-state index >= 15 is 0 Å². The van der Waals surface area contributed by atoms with Gasteiger partial charge in [-0.3, -0.25) is 14.1 Å². The van der Waals surface area contributed by atoms with Gasteiger partial charge in [-0.05, 0) is 19.6 Å². The first kappa shape index (κ1) is 17.0. The number of carbonyl (C=O) groups is 2. The van der Waals surface area contributed by atoms with Crippen molar-refractivity contribution >= 4 is 34.3 Å². The molecular formula is C8H16O5S2. The number of thiol groups is 1.